The maximum absolute atomic E-state index is 12.4. The number of sulfonamides is 1. The van der Waals surface area contributed by atoms with Gasteiger partial charge in [0.2, 0.25) is 15.9 Å². The molecule has 2 aromatic rings. The Hall–Kier alpha value is -1.76. The molecule has 0 aliphatic rings. The molecular formula is C17H18Cl2N2O3S. The number of hydrogen-bond donors (Lipinski definition) is 1. The Morgan fingerprint density at radius 1 is 1.12 bits per heavy atom. The lowest BCUT2D eigenvalue weighted by atomic mass is 10.1. The molecule has 8 heteroatoms. The van der Waals surface area contributed by atoms with Crippen LogP contribution >= 0.6 is 23.2 Å². The molecule has 0 aromatic heterocycles. The van der Waals surface area contributed by atoms with Crippen molar-refractivity contribution in [2.75, 3.05) is 22.4 Å². The molecule has 25 heavy (non-hydrogen) atoms. The molecule has 1 N–H and O–H groups in total. The standard InChI is InChI=1S/C17H18Cl2N2O3S/c1-3-12-6-4-5-7-16(12)20-17(22)11-21(25(2,23)24)13-8-9-14(18)15(19)10-13/h4-10H,3,11H2,1-2H3,(H,20,22). The van der Waals surface area contributed by atoms with Gasteiger partial charge in [0.05, 0.1) is 22.0 Å². The van der Waals surface area contributed by atoms with E-state index in [2.05, 4.69) is 5.32 Å². The zero-order valence-electron chi connectivity index (χ0n) is 13.8. The van der Waals surface area contributed by atoms with Gasteiger partial charge in [0.25, 0.3) is 0 Å². The Bertz CT molecular complexity index is 885. The number of anilines is 2. The van der Waals surface area contributed by atoms with E-state index in [0.717, 1.165) is 22.5 Å². The minimum Gasteiger partial charge on any atom is -0.324 e. The van der Waals surface area contributed by atoms with Gasteiger partial charge >= 0.3 is 0 Å². The van der Waals surface area contributed by atoms with Crippen molar-refractivity contribution in [1.29, 1.82) is 0 Å². The molecule has 0 unspecified atom stereocenters. The number of carbonyl (C=O) groups is 1. The van der Waals surface area contributed by atoms with Crippen LogP contribution in [0.15, 0.2) is 42.5 Å². The number of hydrogen-bond acceptors (Lipinski definition) is 3. The quantitative estimate of drug-likeness (QED) is 0.797. The maximum Gasteiger partial charge on any atom is 0.245 e. The predicted molar refractivity (Wildman–Crippen MR) is 103 cm³/mol. The molecule has 0 spiro atoms. The van der Waals surface area contributed by atoms with Gasteiger partial charge in [-0.3, -0.25) is 9.10 Å². The van der Waals surface area contributed by atoms with Crippen LogP contribution in [0.1, 0.15) is 12.5 Å². The number of amides is 1. The number of benzene rings is 2. The molecule has 0 saturated heterocycles. The molecule has 0 fully saturated rings. The maximum atomic E-state index is 12.4. The summed E-state index contributed by atoms with van der Waals surface area (Å²) in [5.41, 5.74) is 1.91. The summed E-state index contributed by atoms with van der Waals surface area (Å²) in [6, 6.07) is 11.8. The normalized spacial score (nSPS) is 11.2. The minimum absolute atomic E-state index is 0.213. The highest BCUT2D eigenvalue weighted by molar-refractivity contribution is 7.92. The molecular weight excluding hydrogens is 383 g/mol. The van der Waals surface area contributed by atoms with Gasteiger partial charge in [-0.25, -0.2) is 8.42 Å². The average Bonchev–Trinajstić information content (AvgIpc) is 2.55. The second-order valence-electron chi connectivity index (χ2n) is 5.43. The van der Waals surface area contributed by atoms with E-state index in [-0.39, 0.29) is 17.3 Å². The molecule has 0 bridgehead atoms. The van der Waals surface area contributed by atoms with E-state index >= 15 is 0 Å². The highest BCUT2D eigenvalue weighted by atomic mass is 35.5. The highest BCUT2D eigenvalue weighted by Crippen LogP contribution is 2.28. The summed E-state index contributed by atoms with van der Waals surface area (Å²) in [7, 11) is -3.68. The smallest absolute Gasteiger partial charge is 0.245 e. The topological polar surface area (TPSA) is 66.5 Å². The van der Waals surface area contributed by atoms with E-state index in [1.54, 1.807) is 6.07 Å². The summed E-state index contributed by atoms with van der Waals surface area (Å²) >= 11 is 11.8. The Balaban J connectivity index is 2.25. The van der Waals surface area contributed by atoms with E-state index < -0.39 is 15.9 Å². The van der Waals surface area contributed by atoms with Crippen LogP contribution in [0, 0.1) is 0 Å². The number of nitrogens with one attached hydrogen (secondary N) is 1. The van der Waals surface area contributed by atoms with E-state index in [0.29, 0.717) is 10.7 Å². The summed E-state index contributed by atoms with van der Waals surface area (Å²) in [5.74, 6) is -0.447. The van der Waals surface area contributed by atoms with Crippen LogP contribution in [0.3, 0.4) is 0 Å². The van der Waals surface area contributed by atoms with Crippen molar-refractivity contribution in [2.24, 2.45) is 0 Å². The number of para-hydroxylation sites is 1. The van der Waals surface area contributed by atoms with Crippen LogP contribution in [-0.2, 0) is 21.2 Å². The van der Waals surface area contributed by atoms with Gasteiger partial charge < -0.3 is 5.32 Å². The summed E-state index contributed by atoms with van der Waals surface area (Å²) < 4.78 is 25.2. The Morgan fingerprint density at radius 3 is 2.40 bits per heavy atom. The number of nitrogens with zero attached hydrogens (tertiary/aromatic N) is 1. The zero-order valence-corrected chi connectivity index (χ0v) is 16.1. The number of aryl methyl sites for hydroxylation is 1. The van der Waals surface area contributed by atoms with Gasteiger partial charge in [0.1, 0.15) is 6.54 Å². The number of carbonyl (C=O) groups excluding carboxylic acids is 1. The molecule has 0 heterocycles. The van der Waals surface area contributed by atoms with Crippen molar-refractivity contribution in [3.8, 4) is 0 Å². The average molecular weight is 401 g/mol. The lowest BCUT2D eigenvalue weighted by molar-refractivity contribution is -0.114. The monoisotopic (exact) mass is 400 g/mol. The lowest BCUT2D eigenvalue weighted by Crippen LogP contribution is -2.37. The second kappa shape index (κ2) is 8.08. The highest BCUT2D eigenvalue weighted by Gasteiger charge is 2.22. The van der Waals surface area contributed by atoms with Crippen molar-refractivity contribution in [2.45, 2.75) is 13.3 Å². The molecule has 0 aliphatic carbocycles. The van der Waals surface area contributed by atoms with Crippen LogP contribution in [0.4, 0.5) is 11.4 Å². The van der Waals surface area contributed by atoms with Crippen molar-refractivity contribution in [3.63, 3.8) is 0 Å². The van der Waals surface area contributed by atoms with Gasteiger partial charge in [0.15, 0.2) is 0 Å². The molecule has 0 radical (unpaired) electrons. The van der Waals surface area contributed by atoms with Crippen molar-refractivity contribution in [1.82, 2.24) is 0 Å². The zero-order chi connectivity index (χ0) is 18.6. The first-order valence-corrected chi connectivity index (χ1v) is 10.1. The van der Waals surface area contributed by atoms with Gasteiger partial charge in [0, 0.05) is 5.69 Å². The van der Waals surface area contributed by atoms with Gasteiger partial charge in [-0.1, -0.05) is 48.3 Å². The van der Waals surface area contributed by atoms with Gasteiger partial charge in [-0.15, -0.1) is 0 Å². The van der Waals surface area contributed by atoms with E-state index in [4.69, 9.17) is 23.2 Å². The van der Waals surface area contributed by atoms with Crippen molar-refractivity contribution < 1.29 is 13.2 Å². The molecule has 5 nitrogen and oxygen atoms in total. The fraction of sp³-hybridized carbons (Fsp3) is 0.235. The molecule has 2 aromatic carbocycles. The van der Waals surface area contributed by atoms with Gasteiger partial charge in [-0.2, -0.15) is 0 Å². The molecule has 1 amide bonds. The third-order valence-corrected chi connectivity index (χ3v) is 5.43. The lowest BCUT2D eigenvalue weighted by Gasteiger charge is -2.22. The fourth-order valence-corrected chi connectivity index (χ4v) is 3.45. The summed E-state index contributed by atoms with van der Waals surface area (Å²) in [6.45, 7) is 1.61. The van der Waals surface area contributed by atoms with Crippen molar-refractivity contribution in [3.05, 3.63) is 58.1 Å². The SMILES string of the molecule is CCc1ccccc1NC(=O)CN(c1ccc(Cl)c(Cl)c1)S(C)(=O)=O. The molecule has 0 saturated carbocycles. The van der Waals surface area contributed by atoms with Crippen LogP contribution in [0.5, 0.6) is 0 Å². The Labute approximate surface area is 157 Å². The summed E-state index contributed by atoms with van der Waals surface area (Å²) in [4.78, 5) is 12.4. The van der Waals surface area contributed by atoms with E-state index in [1.807, 2.05) is 25.1 Å². The van der Waals surface area contributed by atoms with E-state index in [1.165, 1.54) is 18.2 Å². The first kappa shape index (κ1) is 19.6. The van der Waals surface area contributed by atoms with Crippen LogP contribution in [-0.4, -0.2) is 27.1 Å². The second-order valence-corrected chi connectivity index (χ2v) is 8.15. The molecule has 0 atom stereocenters. The van der Waals surface area contributed by atoms with E-state index in [9.17, 15) is 13.2 Å². The first-order chi connectivity index (χ1) is 11.7. The number of halogens is 2. The summed E-state index contributed by atoms with van der Waals surface area (Å²) in [6.07, 6.45) is 1.78. The molecule has 0 aliphatic heterocycles. The van der Waals surface area contributed by atoms with Crippen LogP contribution in [0.2, 0.25) is 10.0 Å². The van der Waals surface area contributed by atoms with Gasteiger partial charge in [-0.05, 0) is 36.2 Å². The minimum atomic E-state index is -3.68. The third-order valence-electron chi connectivity index (χ3n) is 3.55. The van der Waals surface area contributed by atoms with Crippen LogP contribution < -0.4 is 9.62 Å². The summed E-state index contributed by atoms with van der Waals surface area (Å²) in [5, 5.41) is 3.27. The Kier molecular flexibility index (Phi) is 6.32. The molecule has 134 valence electrons. The number of rotatable bonds is 6. The predicted octanol–water partition coefficient (Wildman–Crippen LogP) is 3.96. The third kappa shape index (κ3) is 5.11. The Morgan fingerprint density at radius 2 is 1.80 bits per heavy atom. The van der Waals surface area contributed by atoms with Crippen LogP contribution in [0.25, 0.3) is 0 Å². The molecule has 2 rings (SSSR count). The van der Waals surface area contributed by atoms with Crippen molar-refractivity contribution >= 4 is 50.5 Å². The first-order valence-electron chi connectivity index (χ1n) is 7.53. The fourth-order valence-electron chi connectivity index (χ4n) is 2.31. The largest absolute Gasteiger partial charge is 0.324 e.